The molecule has 2 amide bonds. The van der Waals surface area contributed by atoms with Crippen LogP contribution in [0.5, 0.6) is 0 Å². The number of aromatic nitrogens is 4. The first-order valence-electron chi connectivity index (χ1n) is 7.40. The molecule has 0 bridgehead atoms. The molecular formula is C14H16Cl2N6O. The van der Waals surface area contributed by atoms with Crippen LogP contribution < -0.4 is 10.6 Å². The fourth-order valence-electron chi connectivity index (χ4n) is 2.67. The predicted molar refractivity (Wildman–Crippen MR) is 87.6 cm³/mol. The Hall–Kier alpha value is -1.86. The van der Waals surface area contributed by atoms with Crippen LogP contribution in [-0.4, -0.2) is 26.2 Å². The smallest absolute Gasteiger partial charge is 0.319 e. The molecule has 9 heteroatoms. The molecule has 23 heavy (non-hydrogen) atoms. The summed E-state index contributed by atoms with van der Waals surface area (Å²) in [5.74, 6) is 0.654. The summed E-state index contributed by atoms with van der Waals surface area (Å²) in [6.45, 7) is 0.261. The predicted octanol–water partition coefficient (Wildman–Crippen LogP) is 3.42. The highest BCUT2D eigenvalue weighted by molar-refractivity contribution is 6.42. The molecule has 0 saturated heterocycles. The zero-order valence-electron chi connectivity index (χ0n) is 12.3. The number of carbonyl (C=O) groups excluding carboxylic acids is 1. The fourth-order valence-corrected chi connectivity index (χ4v) is 2.97. The van der Waals surface area contributed by atoms with Crippen molar-refractivity contribution < 1.29 is 4.79 Å². The summed E-state index contributed by atoms with van der Waals surface area (Å²) in [4.78, 5) is 12.0. The van der Waals surface area contributed by atoms with Crippen LogP contribution in [0, 0.1) is 0 Å². The molecule has 0 aliphatic heterocycles. The van der Waals surface area contributed by atoms with Crippen LogP contribution in [0.4, 0.5) is 10.5 Å². The number of nitrogens with one attached hydrogen (secondary N) is 2. The van der Waals surface area contributed by atoms with Crippen molar-refractivity contribution in [1.29, 1.82) is 0 Å². The van der Waals surface area contributed by atoms with Gasteiger partial charge in [-0.2, -0.15) is 0 Å². The van der Waals surface area contributed by atoms with Crippen LogP contribution in [0.1, 0.15) is 37.5 Å². The van der Waals surface area contributed by atoms with Gasteiger partial charge in [0.15, 0.2) is 5.82 Å². The Morgan fingerprint density at radius 3 is 2.78 bits per heavy atom. The third kappa shape index (κ3) is 3.92. The Balaban J connectivity index is 1.57. The Morgan fingerprint density at radius 1 is 1.26 bits per heavy atom. The minimum absolute atomic E-state index is 0.261. The largest absolute Gasteiger partial charge is 0.331 e. The lowest BCUT2D eigenvalue weighted by molar-refractivity contribution is 0.251. The third-order valence-electron chi connectivity index (χ3n) is 3.82. The molecule has 0 radical (unpaired) electrons. The molecule has 0 unspecified atom stereocenters. The zero-order chi connectivity index (χ0) is 16.2. The second-order valence-corrected chi connectivity index (χ2v) is 6.23. The fraction of sp³-hybridized carbons (Fsp3) is 0.429. The van der Waals surface area contributed by atoms with Crippen LogP contribution in [-0.2, 0) is 6.54 Å². The monoisotopic (exact) mass is 354 g/mol. The van der Waals surface area contributed by atoms with E-state index >= 15 is 0 Å². The van der Waals surface area contributed by atoms with Gasteiger partial charge < -0.3 is 10.6 Å². The number of benzene rings is 1. The van der Waals surface area contributed by atoms with E-state index in [2.05, 4.69) is 26.2 Å². The molecule has 3 rings (SSSR count). The number of urea groups is 1. The maximum Gasteiger partial charge on any atom is 0.319 e. The molecule has 1 aliphatic rings. The standard InChI is InChI=1S/C14H16Cl2N6O/c15-11-6-5-9(7-12(11)16)18-14(23)17-8-13-19-20-21-22(13)10-3-1-2-4-10/h5-7,10H,1-4,8H2,(H2,17,18,23). The van der Waals surface area contributed by atoms with Gasteiger partial charge in [-0.1, -0.05) is 36.0 Å². The lowest BCUT2D eigenvalue weighted by Crippen LogP contribution is -2.30. The molecular weight excluding hydrogens is 339 g/mol. The number of hydrogen-bond acceptors (Lipinski definition) is 4. The number of nitrogens with zero attached hydrogens (tertiary/aromatic N) is 4. The first-order chi connectivity index (χ1) is 11.1. The average Bonchev–Trinajstić information content (AvgIpc) is 3.19. The highest BCUT2D eigenvalue weighted by Crippen LogP contribution is 2.29. The van der Waals surface area contributed by atoms with Crippen molar-refractivity contribution >= 4 is 34.9 Å². The Bertz CT molecular complexity index is 698. The molecule has 1 aromatic heterocycles. The average molecular weight is 355 g/mol. The summed E-state index contributed by atoms with van der Waals surface area (Å²) >= 11 is 11.8. The van der Waals surface area contributed by atoms with Crippen LogP contribution in [0.3, 0.4) is 0 Å². The lowest BCUT2D eigenvalue weighted by Gasteiger charge is -2.12. The van der Waals surface area contributed by atoms with Crippen LogP contribution in [0.2, 0.25) is 10.0 Å². The molecule has 1 fully saturated rings. The van der Waals surface area contributed by atoms with E-state index in [0.717, 1.165) is 12.8 Å². The van der Waals surface area contributed by atoms with Gasteiger partial charge in [0.2, 0.25) is 0 Å². The number of carbonyl (C=O) groups is 1. The van der Waals surface area contributed by atoms with Crippen molar-refractivity contribution in [2.75, 3.05) is 5.32 Å². The summed E-state index contributed by atoms with van der Waals surface area (Å²) in [5, 5.41) is 18.0. The van der Waals surface area contributed by atoms with Gasteiger partial charge in [0.25, 0.3) is 0 Å². The van der Waals surface area contributed by atoms with Crippen molar-refractivity contribution in [3.05, 3.63) is 34.1 Å². The van der Waals surface area contributed by atoms with Crippen molar-refractivity contribution in [1.82, 2.24) is 25.5 Å². The molecule has 1 aliphatic carbocycles. The Morgan fingerprint density at radius 2 is 2.04 bits per heavy atom. The molecule has 2 aromatic rings. The summed E-state index contributed by atoms with van der Waals surface area (Å²) in [5.41, 5.74) is 0.562. The molecule has 2 N–H and O–H groups in total. The van der Waals surface area contributed by atoms with Crippen LogP contribution in [0.25, 0.3) is 0 Å². The maximum absolute atomic E-state index is 12.0. The summed E-state index contributed by atoms with van der Waals surface area (Å²) < 4.78 is 1.81. The molecule has 0 spiro atoms. The van der Waals surface area contributed by atoms with Crippen molar-refractivity contribution in [2.24, 2.45) is 0 Å². The minimum atomic E-state index is -0.357. The van der Waals surface area contributed by atoms with E-state index in [1.54, 1.807) is 18.2 Å². The molecule has 1 aromatic carbocycles. The minimum Gasteiger partial charge on any atom is -0.331 e. The highest BCUT2D eigenvalue weighted by Gasteiger charge is 2.21. The van der Waals surface area contributed by atoms with E-state index in [1.807, 2.05) is 4.68 Å². The molecule has 1 saturated carbocycles. The normalized spacial score (nSPS) is 14.9. The molecule has 7 nitrogen and oxygen atoms in total. The summed E-state index contributed by atoms with van der Waals surface area (Å²) in [6, 6.07) is 4.87. The SMILES string of the molecule is O=C(NCc1nnnn1C1CCCC1)Nc1ccc(Cl)c(Cl)c1. The Kier molecular flexibility index (Phi) is 4.97. The van der Waals surface area contributed by atoms with Gasteiger partial charge in [-0.15, -0.1) is 5.10 Å². The number of halogens is 2. The zero-order valence-corrected chi connectivity index (χ0v) is 13.8. The first-order valence-corrected chi connectivity index (χ1v) is 8.16. The first kappa shape index (κ1) is 16.0. The van der Waals surface area contributed by atoms with Gasteiger partial charge in [-0.25, -0.2) is 9.48 Å². The van der Waals surface area contributed by atoms with Gasteiger partial charge >= 0.3 is 6.03 Å². The van der Waals surface area contributed by atoms with Gasteiger partial charge in [0.1, 0.15) is 0 Å². The summed E-state index contributed by atoms with van der Waals surface area (Å²) in [6.07, 6.45) is 4.53. The van der Waals surface area contributed by atoms with Gasteiger partial charge in [0, 0.05) is 5.69 Å². The number of anilines is 1. The maximum atomic E-state index is 12.0. The Labute approximate surface area is 143 Å². The van der Waals surface area contributed by atoms with Crippen molar-refractivity contribution in [3.63, 3.8) is 0 Å². The second kappa shape index (κ2) is 7.14. The lowest BCUT2D eigenvalue weighted by atomic mass is 10.2. The summed E-state index contributed by atoms with van der Waals surface area (Å²) in [7, 11) is 0. The molecule has 1 heterocycles. The highest BCUT2D eigenvalue weighted by atomic mass is 35.5. The van der Waals surface area contributed by atoms with E-state index in [-0.39, 0.29) is 12.6 Å². The molecule has 122 valence electrons. The second-order valence-electron chi connectivity index (χ2n) is 5.41. The number of hydrogen-bond donors (Lipinski definition) is 2. The van der Waals surface area contributed by atoms with E-state index in [4.69, 9.17) is 23.2 Å². The third-order valence-corrected chi connectivity index (χ3v) is 4.56. The van der Waals surface area contributed by atoms with E-state index in [1.165, 1.54) is 12.8 Å². The number of rotatable bonds is 4. The van der Waals surface area contributed by atoms with Crippen LogP contribution >= 0.6 is 23.2 Å². The topological polar surface area (TPSA) is 84.7 Å². The van der Waals surface area contributed by atoms with Gasteiger partial charge in [-0.3, -0.25) is 0 Å². The quantitative estimate of drug-likeness (QED) is 0.880. The van der Waals surface area contributed by atoms with E-state index in [0.29, 0.717) is 27.6 Å². The molecule has 0 atom stereocenters. The number of amides is 2. The van der Waals surface area contributed by atoms with Crippen LogP contribution in [0.15, 0.2) is 18.2 Å². The van der Waals surface area contributed by atoms with Gasteiger partial charge in [-0.05, 0) is 41.5 Å². The van der Waals surface area contributed by atoms with Crippen molar-refractivity contribution in [2.45, 2.75) is 38.3 Å². The van der Waals surface area contributed by atoms with E-state index in [9.17, 15) is 4.79 Å². The van der Waals surface area contributed by atoms with E-state index < -0.39 is 0 Å². The van der Waals surface area contributed by atoms with Crippen molar-refractivity contribution in [3.8, 4) is 0 Å². The number of tetrazole rings is 1. The van der Waals surface area contributed by atoms with Gasteiger partial charge in [0.05, 0.1) is 22.6 Å².